The Hall–Kier alpha value is -1.42. The van der Waals surface area contributed by atoms with E-state index in [0.29, 0.717) is 17.5 Å². The number of anilines is 1. The highest BCUT2D eigenvalue weighted by Crippen LogP contribution is 2.33. The monoisotopic (exact) mass is 279 g/mol. The molecule has 112 valence electrons. The number of aliphatic hydroxyl groups is 1. The van der Waals surface area contributed by atoms with Crippen molar-refractivity contribution in [2.45, 2.75) is 38.6 Å². The molecule has 2 N–H and O–H groups in total. The lowest BCUT2D eigenvalue weighted by Gasteiger charge is -2.22. The highest BCUT2D eigenvalue weighted by atomic mass is 16.5. The van der Waals surface area contributed by atoms with E-state index in [1.54, 1.807) is 7.11 Å². The first kappa shape index (κ1) is 15.0. The van der Waals surface area contributed by atoms with Gasteiger partial charge in [-0.3, -0.25) is 0 Å². The molecule has 4 heteroatoms. The number of rotatable bonds is 7. The zero-order chi connectivity index (χ0) is 14.4. The van der Waals surface area contributed by atoms with E-state index in [1.165, 1.54) is 25.7 Å². The third-order valence-corrected chi connectivity index (χ3v) is 4.01. The van der Waals surface area contributed by atoms with Crippen LogP contribution in [0, 0.1) is 5.92 Å². The van der Waals surface area contributed by atoms with Crippen molar-refractivity contribution in [3.05, 3.63) is 18.2 Å². The van der Waals surface area contributed by atoms with E-state index in [-0.39, 0.29) is 13.2 Å². The van der Waals surface area contributed by atoms with Gasteiger partial charge in [0.05, 0.1) is 13.7 Å². The molecule has 0 heterocycles. The van der Waals surface area contributed by atoms with Crippen molar-refractivity contribution in [1.29, 1.82) is 0 Å². The summed E-state index contributed by atoms with van der Waals surface area (Å²) in [5.74, 6) is 2.13. The number of hydrogen-bond acceptors (Lipinski definition) is 4. The Bertz CT molecular complexity index is 416. The third kappa shape index (κ3) is 3.79. The normalized spacial score (nSPS) is 16.9. The number of ether oxygens (including phenoxy) is 2. The van der Waals surface area contributed by atoms with Crippen LogP contribution in [0.5, 0.6) is 11.5 Å². The summed E-state index contributed by atoms with van der Waals surface area (Å²) in [7, 11) is 1.62. The van der Waals surface area contributed by atoms with Crippen LogP contribution >= 0.6 is 0 Å². The van der Waals surface area contributed by atoms with Crippen LogP contribution in [0.25, 0.3) is 0 Å². The second-order valence-electron chi connectivity index (χ2n) is 5.42. The van der Waals surface area contributed by atoms with Crippen molar-refractivity contribution in [3.8, 4) is 11.5 Å². The third-order valence-electron chi connectivity index (χ3n) is 4.01. The molecule has 1 aromatic rings. The minimum Gasteiger partial charge on any atom is -0.493 e. The summed E-state index contributed by atoms with van der Waals surface area (Å²) in [6, 6.07) is 6.32. The predicted octanol–water partition coefficient (Wildman–Crippen LogP) is 3.06. The van der Waals surface area contributed by atoms with Gasteiger partial charge in [-0.15, -0.1) is 0 Å². The van der Waals surface area contributed by atoms with Gasteiger partial charge in [-0.2, -0.15) is 0 Å². The number of hydrogen-bond donors (Lipinski definition) is 2. The minimum absolute atomic E-state index is 0.000707. The fourth-order valence-corrected chi connectivity index (χ4v) is 2.87. The molecule has 2 rings (SSSR count). The van der Waals surface area contributed by atoms with Crippen molar-refractivity contribution in [2.24, 2.45) is 5.92 Å². The number of aliphatic hydroxyl groups excluding tert-OH is 1. The number of methoxy groups -OCH3 is 1. The van der Waals surface area contributed by atoms with E-state index in [1.807, 2.05) is 18.2 Å². The lowest BCUT2D eigenvalue weighted by Crippen LogP contribution is -2.23. The van der Waals surface area contributed by atoms with E-state index in [2.05, 4.69) is 12.2 Å². The van der Waals surface area contributed by atoms with Crippen LogP contribution in [0.3, 0.4) is 0 Å². The molecule has 0 amide bonds. The first-order chi connectivity index (χ1) is 9.74. The second-order valence-corrected chi connectivity index (χ2v) is 5.42. The Morgan fingerprint density at radius 3 is 2.70 bits per heavy atom. The summed E-state index contributed by atoms with van der Waals surface area (Å²) >= 11 is 0. The largest absolute Gasteiger partial charge is 0.493 e. The molecule has 4 nitrogen and oxygen atoms in total. The molecule has 20 heavy (non-hydrogen) atoms. The fourth-order valence-electron chi connectivity index (χ4n) is 2.87. The zero-order valence-electron chi connectivity index (χ0n) is 12.4. The molecular formula is C16H25NO3. The molecule has 0 spiro atoms. The smallest absolute Gasteiger partial charge is 0.163 e. The molecule has 1 aliphatic rings. The van der Waals surface area contributed by atoms with E-state index >= 15 is 0 Å². The summed E-state index contributed by atoms with van der Waals surface area (Å²) in [6.07, 6.45) is 5.34. The predicted molar refractivity (Wildman–Crippen MR) is 80.6 cm³/mol. The van der Waals surface area contributed by atoms with Crippen LogP contribution in [-0.4, -0.2) is 31.5 Å². The van der Waals surface area contributed by atoms with Crippen molar-refractivity contribution >= 4 is 5.69 Å². The Morgan fingerprint density at radius 1 is 1.30 bits per heavy atom. The maximum atomic E-state index is 8.87. The van der Waals surface area contributed by atoms with Crippen LogP contribution in [0.15, 0.2) is 18.2 Å². The maximum Gasteiger partial charge on any atom is 0.163 e. The van der Waals surface area contributed by atoms with Gasteiger partial charge in [0.1, 0.15) is 6.61 Å². The quantitative estimate of drug-likeness (QED) is 0.805. The lowest BCUT2D eigenvalue weighted by molar-refractivity contribution is 0.196. The highest BCUT2D eigenvalue weighted by molar-refractivity contribution is 5.55. The van der Waals surface area contributed by atoms with E-state index in [0.717, 1.165) is 11.6 Å². The Balaban J connectivity index is 2.03. The van der Waals surface area contributed by atoms with Gasteiger partial charge >= 0.3 is 0 Å². The molecular weight excluding hydrogens is 254 g/mol. The second kappa shape index (κ2) is 7.39. The molecule has 1 fully saturated rings. The topological polar surface area (TPSA) is 50.7 Å². The summed E-state index contributed by atoms with van der Waals surface area (Å²) in [5, 5.41) is 12.4. The average molecular weight is 279 g/mol. The molecule has 1 atom stereocenters. The van der Waals surface area contributed by atoms with Crippen LogP contribution in [-0.2, 0) is 0 Å². The van der Waals surface area contributed by atoms with Crippen molar-refractivity contribution in [2.75, 3.05) is 25.6 Å². The number of benzene rings is 1. The molecule has 1 saturated carbocycles. The molecule has 1 unspecified atom stereocenters. The Kier molecular flexibility index (Phi) is 5.53. The van der Waals surface area contributed by atoms with Crippen LogP contribution in [0.1, 0.15) is 32.6 Å². The van der Waals surface area contributed by atoms with Gasteiger partial charge in [0.25, 0.3) is 0 Å². The highest BCUT2D eigenvalue weighted by Gasteiger charge is 2.21. The van der Waals surface area contributed by atoms with Gasteiger partial charge in [0, 0.05) is 17.8 Å². The van der Waals surface area contributed by atoms with E-state index in [4.69, 9.17) is 14.6 Å². The zero-order valence-corrected chi connectivity index (χ0v) is 12.4. The molecule has 0 bridgehead atoms. The van der Waals surface area contributed by atoms with Gasteiger partial charge in [0.15, 0.2) is 11.5 Å². The van der Waals surface area contributed by atoms with Crippen LogP contribution < -0.4 is 14.8 Å². The molecule has 0 aliphatic heterocycles. The van der Waals surface area contributed by atoms with Crippen molar-refractivity contribution in [1.82, 2.24) is 0 Å². The molecule has 0 radical (unpaired) electrons. The standard InChI is InChI=1S/C16H25NO3/c1-12(13-5-3-4-6-13)17-14-7-8-15(19-2)16(11-14)20-10-9-18/h7-8,11-13,17-18H,3-6,9-10H2,1-2H3. The van der Waals surface area contributed by atoms with Crippen LogP contribution in [0.4, 0.5) is 5.69 Å². The maximum absolute atomic E-state index is 8.87. The first-order valence-electron chi connectivity index (χ1n) is 7.43. The molecule has 1 aliphatic carbocycles. The van der Waals surface area contributed by atoms with Crippen molar-refractivity contribution in [3.63, 3.8) is 0 Å². The molecule has 0 saturated heterocycles. The number of nitrogens with one attached hydrogen (secondary N) is 1. The Morgan fingerprint density at radius 2 is 2.05 bits per heavy atom. The summed E-state index contributed by atoms with van der Waals surface area (Å²) in [4.78, 5) is 0. The summed E-state index contributed by atoms with van der Waals surface area (Å²) in [5.41, 5.74) is 1.04. The van der Waals surface area contributed by atoms with E-state index < -0.39 is 0 Å². The minimum atomic E-state index is -0.000707. The SMILES string of the molecule is COc1ccc(NC(C)C2CCCC2)cc1OCCO. The average Bonchev–Trinajstić information content (AvgIpc) is 2.99. The van der Waals surface area contributed by atoms with Crippen LogP contribution in [0.2, 0.25) is 0 Å². The first-order valence-corrected chi connectivity index (χ1v) is 7.43. The van der Waals surface area contributed by atoms with Gasteiger partial charge in [0.2, 0.25) is 0 Å². The summed E-state index contributed by atoms with van der Waals surface area (Å²) < 4.78 is 10.8. The van der Waals surface area contributed by atoms with E-state index in [9.17, 15) is 0 Å². The van der Waals surface area contributed by atoms with Gasteiger partial charge in [-0.1, -0.05) is 12.8 Å². The molecule has 1 aromatic carbocycles. The Labute approximate surface area is 121 Å². The van der Waals surface area contributed by atoms with Gasteiger partial charge in [-0.25, -0.2) is 0 Å². The summed E-state index contributed by atoms with van der Waals surface area (Å²) in [6.45, 7) is 2.52. The molecule has 0 aromatic heterocycles. The van der Waals surface area contributed by atoms with Gasteiger partial charge in [-0.05, 0) is 37.8 Å². The van der Waals surface area contributed by atoms with Gasteiger partial charge < -0.3 is 19.9 Å². The lowest BCUT2D eigenvalue weighted by atomic mass is 9.99. The van der Waals surface area contributed by atoms with Crippen molar-refractivity contribution < 1.29 is 14.6 Å². The fraction of sp³-hybridized carbons (Fsp3) is 0.625.